The minimum absolute atomic E-state index is 0.00133. The Kier molecular flexibility index (Phi) is 44.0. The van der Waals surface area contributed by atoms with Gasteiger partial charge in [0.2, 0.25) is 47.3 Å². The minimum Gasteiger partial charge on any atom is -0.502 e. The fourth-order valence-electron chi connectivity index (χ4n) is 14.2. The van der Waals surface area contributed by atoms with E-state index < -0.39 is 222 Å². The molecule has 1 fully saturated rings. The van der Waals surface area contributed by atoms with Crippen LogP contribution in [0.1, 0.15) is 180 Å². The molecule has 45 nitrogen and oxygen atoms in total. The molecule has 728 valence electrons. The van der Waals surface area contributed by atoms with Gasteiger partial charge >= 0.3 is 47.5 Å². The number of nitrogens with zero attached hydrogens (tertiary/aromatic N) is 6. The van der Waals surface area contributed by atoms with Crippen LogP contribution < -0.4 is 64.9 Å². The molecule has 0 aliphatic carbocycles. The van der Waals surface area contributed by atoms with Gasteiger partial charge in [-0.25, -0.2) is 19.6 Å². The summed E-state index contributed by atoms with van der Waals surface area (Å²) < 4.78 is 17.5. The summed E-state index contributed by atoms with van der Waals surface area (Å²) in [5.41, 5.74) is 11.8. The molecule has 20 N–H and O–H groups in total. The number of phenolic OH excluding ortho intramolecular Hbond substituents is 1. The van der Waals surface area contributed by atoms with Crippen molar-refractivity contribution in [2.45, 2.75) is 232 Å². The SMILES string of the molecule is CCC(C)[C@H](NC(=O)[C@H]1CCCCN1C)C(=O)N(COC(=O)CC(C)C)[C@H](C[C@@H](OC(C)=O)C1=C(C)CCC(C(=O)N[C@@H](Cc2ccc(O)c([N+](=O)[O-])c2)C[C@H](C)C(=O)OCCSSC[C@H](NC(=O)[C@H](CC(=O)O)NC(=O)[C@H](CCCNC(=N)N)NC(=O)[C@H](CC(=O)O)NC(=O)CC[C@H](NC(=O)c2ccc(NCc3cnc4nc(N)[nH]c(=O)c4n3)cc2)C(=O)O)C(=O)O)=CS1)C(C)C. The summed E-state index contributed by atoms with van der Waals surface area (Å²) in [5.74, 6) is -19.4. The summed E-state index contributed by atoms with van der Waals surface area (Å²) in [4.78, 5) is 244. The topological polar surface area (TPSA) is 690 Å². The van der Waals surface area contributed by atoms with Gasteiger partial charge < -0.3 is 104 Å². The number of nitrogens with two attached hydrogens (primary N) is 2. The predicted molar refractivity (Wildman–Crippen MR) is 489 cm³/mol. The van der Waals surface area contributed by atoms with Crippen LogP contribution in [0.2, 0.25) is 0 Å². The van der Waals surface area contributed by atoms with E-state index in [4.69, 9.17) is 31.1 Å². The first-order valence-corrected chi connectivity index (χ1v) is 46.4. The van der Waals surface area contributed by atoms with E-state index in [0.717, 1.165) is 63.9 Å². The van der Waals surface area contributed by atoms with Gasteiger partial charge in [-0.2, -0.15) is 4.98 Å². The zero-order valence-electron chi connectivity index (χ0n) is 75.4. The number of guanidine groups is 1. The van der Waals surface area contributed by atoms with Crippen molar-refractivity contribution >= 4 is 157 Å². The van der Waals surface area contributed by atoms with Gasteiger partial charge in [-0.05, 0) is 137 Å². The van der Waals surface area contributed by atoms with E-state index >= 15 is 4.79 Å². The number of aliphatic carboxylic acids is 4. The second-order valence-corrected chi connectivity index (χ2v) is 36.5. The van der Waals surface area contributed by atoms with Crippen LogP contribution in [0.15, 0.2) is 74.9 Å². The van der Waals surface area contributed by atoms with Crippen molar-refractivity contribution < 1.29 is 117 Å². The first-order valence-electron chi connectivity index (χ1n) is 43.0. The zero-order chi connectivity index (χ0) is 98.6. The molecule has 2 aliphatic heterocycles. The molecule has 0 spiro atoms. The Balaban J connectivity index is 1.07. The van der Waals surface area contributed by atoms with Crippen molar-refractivity contribution in [2.24, 2.45) is 29.4 Å². The molecule has 1 unspecified atom stereocenters. The number of H-pyrrole nitrogens is 1. The van der Waals surface area contributed by atoms with Crippen molar-refractivity contribution in [3.63, 3.8) is 0 Å². The van der Waals surface area contributed by atoms with Crippen LogP contribution in [-0.4, -0.2) is 261 Å². The number of likely N-dealkylation sites (tertiary alicyclic amines) is 1. The van der Waals surface area contributed by atoms with Crippen molar-refractivity contribution in [3.05, 3.63) is 107 Å². The van der Waals surface area contributed by atoms with Gasteiger partial charge in [0.05, 0.1) is 48.2 Å². The number of thioether (sulfide) groups is 1. The second kappa shape index (κ2) is 53.7. The number of hydrogen-bond acceptors (Lipinski definition) is 32. The number of carbonyl (C=O) groups is 15. The summed E-state index contributed by atoms with van der Waals surface area (Å²) >= 11 is 1.12. The Morgan fingerprint density at radius 1 is 0.782 bits per heavy atom. The number of fused-ring (bicyclic) bond motifs is 1. The Morgan fingerprint density at radius 2 is 1.44 bits per heavy atom. The molecule has 6 rings (SSSR count). The number of benzene rings is 2. The fraction of sp³-hybridized carbons (Fsp3) is 0.553. The maximum absolute atomic E-state index is 15.3. The number of hydrogen-bond donors (Lipinski definition) is 18. The number of piperidine rings is 1. The number of aromatic nitrogens is 4. The summed E-state index contributed by atoms with van der Waals surface area (Å²) in [6, 6.07) is -3.28. The fourth-order valence-corrected chi connectivity index (χ4v) is 17.3. The normalized spacial score (nSPS) is 15.8. The smallest absolute Gasteiger partial charge is 0.327 e. The Labute approximate surface area is 777 Å². The van der Waals surface area contributed by atoms with Crippen LogP contribution in [0.5, 0.6) is 5.75 Å². The number of likely N-dealkylation sites (N-methyl/N-ethyl adjacent to an activating group) is 1. The molecule has 4 heterocycles. The van der Waals surface area contributed by atoms with Crippen LogP contribution in [0.25, 0.3) is 11.2 Å². The number of aromatic amines is 1. The van der Waals surface area contributed by atoms with Crippen LogP contribution in [0.3, 0.4) is 0 Å². The molecule has 133 heavy (non-hydrogen) atoms. The lowest BCUT2D eigenvalue weighted by Crippen LogP contribution is -2.59. The van der Waals surface area contributed by atoms with E-state index in [9.17, 15) is 108 Å². The van der Waals surface area contributed by atoms with Crippen LogP contribution >= 0.6 is 33.3 Å². The summed E-state index contributed by atoms with van der Waals surface area (Å²) in [6.45, 7) is 15.6. The summed E-state index contributed by atoms with van der Waals surface area (Å²) in [6.07, 6.45) is -0.747. The third-order valence-corrected chi connectivity index (χ3v) is 25.2. The lowest BCUT2D eigenvalue weighted by molar-refractivity contribution is -0.385. The van der Waals surface area contributed by atoms with E-state index in [1.54, 1.807) is 5.41 Å². The number of anilines is 2. The number of carbonyl (C=O) groups excluding carboxylic acids is 11. The van der Waals surface area contributed by atoms with Crippen LogP contribution in [0, 0.1) is 39.2 Å². The van der Waals surface area contributed by atoms with E-state index in [1.807, 2.05) is 60.4 Å². The van der Waals surface area contributed by atoms with Gasteiger partial charge in [0.25, 0.3) is 11.5 Å². The number of nitrogens with one attached hydrogen (secondary N) is 11. The van der Waals surface area contributed by atoms with Gasteiger partial charge in [-0.1, -0.05) is 106 Å². The molecule has 0 bridgehead atoms. The number of esters is 3. The molecule has 4 aromatic rings. The first kappa shape index (κ1) is 109. The van der Waals surface area contributed by atoms with E-state index in [2.05, 4.69) is 67.8 Å². The molecule has 2 aliphatic rings. The highest BCUT2D eigenvalue weighted by molar-refractivity contribution is 8.76. The maximum Gasteiger partial charge on any atom is 0.327 e. The van der Waals surface area contributed by atoms with Crippen molar-refractivity contribution in [2.75, 3.05) is 56.0 Å². The molecular formula is C85H119N19O26S3. The number of amides is 8. The monoisotopic (exact) mass is 1920 g/mol. The average molecular weight is 1920 g/mol. The second-order valence-electron chi connectivity index (χ2n) is 33.0. The largest absolute Gasteiger partial charge is 0.502 e. The van der Waals surface area contributed by atoms with Gasteiger partial charge in [-0.15, -0.1) is 0 Å². The number of carboxylic acids is 4. The van der Waals surface area contributed by atoms with Gasteiger partial charge in [0.15, 0.2) is 29.6 Å². The van der Waals surface area contributed by atoms with Gasteiger partial charge in [0.1, 0.15) is 49.0 Å². The van der Waals surface area contributed by atoms with Gasteiger partial charge in [0, 0.05) is 84.1 Å². The summed E-state index contributed by atoms with van der Waals surface area (Å²) in [5, 5.41) is 94.0. The molecule has 2 aromatic carbocycles. The molecule has 8 amide bonds. The number of nitro groups is 1. The lowest BCUT2D eigenvalue weighted by Gasteiger charge is -2.40. The van der Waals surface area contributed by atoms with Gasteiger partial charge in [-0.3, -0.25) is 92.5 Å². The van der Waals surface area contributed by atoms with Crippen molar-refractivity contribution in [1.29, 1.82) is 5.41 Å². The number of phenols is 1. The highest BCUT2D eigenvalue weighted by atomic mass is 33.1. The molecule has 0 saturated carbocycles. The number of nitro benzene ring substituents is 1. The van der Waals surface area contributed by atoms with Crippen molar-refractivity contribution in [3.8, 4) is 5.75 Å². The number of rotatable bonds is 54. The Bertz CT molecular complexity index is 4980. The molecule has 1 saturated heterocycles. The van der Waals surface area contributed by atoms with Crippen LogP contribution in [0.4, 0.5) is 17.3 Å². The predicted octanol–water partition coefficient (Wildman–Crippen LogP) is 3.82. The molecule has 0 radical (unpaired) electrons. The van der Waals surface area contributed by atoms with E-state index in [0.29, 0.717) is 41.2 Å². The third-order valence-electron chi connectivity index (χ3n) is 21.6. The highest BCUT2D eigenvalue weighted by Crippen LogP contribution is 2.38. The average Bonchev–Trinajstić information content (AvgIpc) is 1.64. The number of carboxylic acid groups (broad SMARTS) is 4. The third kappa shape index (κ3) is 36.1. The Hall–Kier alpha value is -12.7. The van der Waals surface area contributed by atoms with Crippen LogP contribution in [-0.2, 0) is 94.3 Å². The molecule has 48 heteroatoms. The number of allylic oxidation sites excluding steroid dienone is 1. The number of aromatic hydroxyl groups is 1. The Morgan fingerprint density at radius 3 is 2.05 bits per heavy atom. The maximum atomic E-state index is 15.3. The van der Waals surface area contributed by atoms with Crippen molar-refractivity contribution in [1.82, 2.24) is 72.3 Å². The lowest BCUT2D eigenvalue weighted by atomic mass is 9.91. The quantitative estimate of drug-likeness (QED) is 0.00344. The van der Waals surface area contributed by atoms with E-state index in [-0.39, 0.29) is 122 Å². The molecule has 2 aromatic heterocycles. The minimum atomic E-state index is -2.06. The van der Waals surface area contributed by atoms with E-state index in [1.165, 1.54) is 55.3 Å². The molecule has 12 atom stereocenters. The molecular weight excluding hydrogens is 1800 g/mol. The highest BCUT2D eigenvalue weighted by Gasteiger charge is 2.42. The number of ether oxygens (including phenoxy) is 3. The number of nitrogen functional groups attached to an aromatic ring is 1. The standard InChI is InChI=1S/C85H119N19O26S3/c1-11-45(6)69(99-78(118)60-16-12-13-28-102(60)10)80(120)103(42-129-68(112)31-43(2)3)61(44(4)5)37-64(130-48(9)105)71-46(7)17-19-51(40-131-71)74(114)93-53(33-49-18-25-63(106)62(34-49)104(126)127)32-47(8)83(125)128-29-30-132-133-41-59(82(123)124)98-77(117)58(36-67(110)111)97-75(115)55(15-14-27-89-84(86)87)95-76(116)57(35-66(108)109)94-65(107)26-24-56(81(121)122)96-73(113)50-20-22-52(23-21-50)90-38-54-39-91-72-70(92-54)79(119)101-85(88)100-72/h18,20-23,25,34,39-40,43-45,47,53,55-61,64,69,90,106H,11-17,19,24,26-33,35-38,41-42H2,1-10H3,(H,93,114)(H,94,107)(H,95,116)(H,96,113)(H,97,115)(H,98,117)(H,99,118)(H,108,109)(H,110,111)(H,121,122)(H,123,124)(H4,86,87,89)(H3,88,91,100,101,119)/t45?,47-,53+,55-,56-,57-,58-,59-,60+,61+,64+,69-/m0/s1. The zero-order valence-corrected chi connectivity index (χ0v) is 77.9. The summed E-state index contributed by atoms with van der Waals surface area (Å²) in [7, 11) is 3.71. The first-order chi connectivity index (χ1) is 62.8.